The molecule has 0 radical (unpaired) electrons. The lowest BCUT2D eigenvalue weighted by Gasteiger charge is -2.39. The number of likely N-dealkylation sites (N-methyl/N-ethyl adjacent to an activating group) is 1. The van der Waals surface area contributed by atoms with Crippen LogP contribution in [0.5, 0.6) is 0 Å². The molecular formula is C12H26N2O. The van der Waals surface area contributed by atoms with Crippen molar-refractivity contribution in [2.24, 2.45) is 0 Å². The molecule has 1 aliphatic rings. The second kappa shape index (κ2) is 6.46. The Hall–Kier alpha value is -0.120. The van der Waals surface area contributed by atoms with E-state index in [1.165, 1.54) is 6.42 Å². The highest BCUT2D eigenvalue weighted by Crippen LogP contribution is 2.14. The summed E-state index contributed by atoms with van der Waals surface area (Å²) in [5.74, 6) is 0. The van der Waals surface area contributed by atoms with Gasteiger partial charge in [0, 0.05) is 25.2 Å². The summed E-state index contributed by atoms with van der Waals surface area (Å²) in [6.07, 6.45) is 1.56. The second-order valence-electron chi connectivity index (χ2n) is 4.44. The number of hydrogen-bond acceptors (Lipinski definition) is 3. The normalized spacial score (nSPS) is 26.6. The Morgan fingerprint density at radius 3 is 2.60 bits per heavy atom. The summed E-state index contributed by atoms with van der Waals surface area (Å²) in [5.41, 5.74) is 0. The SMILES string of the molecule is CCC(C)N(CC)C(C)C1CNCCO1. The van der Waals surface area contributed by atoms with E-state index >= 15 is 0 Å². The molecule has 0 amide bonds. The molecular weight excluding hydrogens is 188 g/mol. The zero-order chi connectivity index (χ0) is 11.3. The lowest BCUT2D eigenvalue weighted by molar-refractivity contribution is -0.0345. The fourth-order valence-corrected chi connectivity index (χ4v) is 2.34. The molecule has 1 N–H and O–H groups in total. The van der Waals surface area contributed by atoms with Crippen LogP contribution in [-0.4, -0.2) is 49.3 Å². The van der Waals surface area contributed by atoms with Crippen LogP contribution >= 0.6 is 0 Å². The summed E-state index contributed by atoms with van der Waals surface area (Å²) in [5, 5.41) is 3.40. The van der Waals surface area contributed by atoms with Crippen molar-refractivity contribution >= 4 is 0 Å². The zero-order valence-electron chi connectivity index (χ0n) is 10.6. The number of nitrogens with zero attached hydrogens (tertiary/aromatic N) is 1. The minimum Gasteiger partial charge on any atom is -0.374 e. The van der Waals surface area contributed by atoms with E-state index in [1.54, 1.807) is 0 Å². The van der Waals surface area contributed by atoms with Crippen molar-refractivity contribution in [1.82, 2.24) is 10.2 Å². The first kappa shape index (κ1) is 12.9. The Morgan fingerprint density at radius 2 is 2.13 bits per heavy atom. The molecule has 3 atom stereocenters. The van der Waals surface area contributed by atoms with Gasteiger partial charge in [-0.25, -0.2) is 0 Å². The van der Waals surface area contributed by atoms with E-state index in [2.05, 4.69) is 37.9 Å². The molecule has 1 fully saturated rings. The van der Waals surface area contributed by atoms with Crippen molar-refractivity contribution in [1.29, 1.82) is 0 Å². The molecule has 15 heavy (non-hydrogen) atoms. The smallest absolute Gasteiger partial charge is 0.0852 e. The summed E-state index contributed by atoms with van der Waals surface area (Å²) in [6, 6.07) is 1.16. The van der Waals surface area contributed by atoms with Gasteiger partial charge in [-0.1, -0.05) is 13.8 Å². The number of rotatable bonds is 5. The van der Waals surface area contributed by atoms with Crippen LogP contribution < -0.4 is 5.32 Å². The Labute approximate surface area is 94.2 Å². The van der Waals surface area contributed by atoms with Gasteiger partial charge in [-0.2, -0.15) is 0 Å². The highest BCUT2D eigenvalue weighted by molar-refractivity contribution is 4.82. The van der Waals surface area contributed by atoms with Crippen molar-refractivity contribution < 1.29 is 4.74 Å². The first-order valence-electron chi connectivity index (χ1n) is 6.28. The maximum Gasteiger partial charge on any atom is 0.0852 e. The average molecular weight is 214 g/mol. The van der Waals surface area contributed by atoms with Gasteiger partial charge < -0.3 is 10.1 Å². The Morgan fingerprint density at radius 1 is 1.40 bits per heavy atom. The van der Waals surface area contributed by atoms with Crippen LogP contribution in [0.2, 0.25) is 0 Å². The van der Waals surface area contributed by atoms with Crippen molar-refractivity contribution in [2.75, 3.05) is 26.2 Å². The number of ether oxygens (including phenoxy) is 1. The van der Waals surface area contributed by atoms with Crippen LogP contribution in [0.25, 0.3) is 0 Å². The van der Waals surface area contributed by atoms with Crippen LogP contribution in [0.15, 0.2) is 0 Å². The average Bonchev–Trinajstić information content (AvgIpc) is 2.30. The molecule has 3 nitrogen and oxygen atoms in total. The van der Waals surface area contributed by atoms with E-state index in [0.29, 0.717) is 18.2 Å². The summed E-state index contributed by atoms with van der Waals surface area (Å²) in [6.45, 7) is 13.0. The zero-order valence-corrected chi connectivity index (χ0v) is 10.6. The number of nitrogens with one attached hydrogen (secondary N) is 1. The Balaban J connectivity index is 2.50. The van der Waals surface area contributed by atoms with Crippen LogP contribution in [0, 0.1) is 0 Å². The molecule has 0 spiro atoms. The van der Waals surface area contributed by atoms with Gasteiger partial charge in [0.15, 0.2) is 0 Å². The molecule has 0 aromatic rings. The summed E-state index contributed by atoms with van der Waals surface area (Å²) < 4.78 is 5.81. The topological polar surface area (TPSA) is 24.5 Å². The van der Waals surface area contributed by atoms with E-state index in [4.69, 9.17) is 4.74 Å². The van der Waals surface area contributed by atoms with Gasteiger partial charge in [0.1, 0.15) is 0 Å². The van der Waals surface area contributed by atoms with Gasteiger partial charge in [-0.05, 0) is 26.8 Å². The van der Waals surface area contributed by atoms with Crippen LogP contribution in [0.1, 0.15) is 34.1 Å². The quantitative estimate of drug-likeness (QED) is 0.750. The summed E-state index contributed by atoms with van der Waals surface area (Å²) in [4.78, 5) is 2.54. The van der Waals surface area contributed by atoms with Gasteiger partial charge in [0.05, 0.1) is 12.7 Å². The van der Waals surface area contributed by atoms with Gasteiger partial charge in [0.2, 0.25) is 0 Å². The van der Waals surface area contributed by atoms with E-state index in [9.17, 15) is 0 Å². The molecule has 0 saturated carbocycles. The molecule has 0 aliphatic carbocycles. The van der Waals surface area contributed by atoms with Crippen LogP contribution in [0.4, 0.5) is 0 Å². The van der Waals surface area contributed by atoms with E-state index in [-0.39, 0.29) is 0 Å². The standard InChI is InChI=1S/C12H26N2O/c1-5-10(3)14(6-2)11(4)12-9-13-7-8-15-12/h10-13H,5-9H2,1-4H3. The first-order valence-corrected chi connectivity index (χ1v) is 6.28. The molecule has 1 aliphatic heterocycles. The molecule has 3 unspecified atom stereocenters. The van der Waals surface area contributed by atoms with Crippen LogP contribution in [-0.2, 0) is 4.74 Å². The fraction of sp³-hybridized carbons (Fsp3) is 1.00. The molecule has 0 aromatic carbocycles. The second-order valence-corrected chi connectivity index (χ2v) is 4.44. The van der Waals surface area contributed by atoms with Crippen molar-refractivity contribution in [3.8, 4) is 0 Å². The maximum absolute atomic E-state index is 5.81. The third-order valence-electron chi connectivity index (χ3n) is 3.54. The molecule has 0 bridgehead atoms. The third-order valence-corrected chi connectivity index (χ3v) is 3.54. The maximum atomic E-state index is 5.81. The number of hydrogen-bond donors (Lipinski definition) is 1. The molecule has 0 aromatic heterocycles. The van der Waals surface area contributed by atoms with E-state index in [0.717, 1.165) is 26.2 Å². The van der Waals surface area contributed by atoms with Crippen molar-refractivity contribution in [2.45, 2.75) is 52.3 Å². The van der Waals surface area contributed by atoms with E-state index in [1.807, 2.05) is 0 Å². The van der Waals surface area contributed by atoms with Gasteiger partial charge in [-0.15, -0.1) is 0 Å². The van der Waals surface area contributed by atoms with Crippen LogP contribution in [0.3, 0.4) is 0 Å². The first-order chi connectivity index (χ1) is 7.20. The Bertz CT molecular complexity index is 169. The number of morpholine rings is 1. The fourth-order valence-electron chi connectivity index (χ4n) is 2.34. The van der Waals surface area contributed by atoms with Gasteiger partial charge >= 0.3 is 0 Å². The van der Waals surface area contributed by atoms with Gasteiger partial charge in [-0.3, -0.25) is 4.90 Å². The molecule has 3 heteroatoms. The third kappa shape index (κ3) is 3.44. The highest BCUT2D eigenvalue weighted by atomic mass is 16.5. The summed E-state index contributed by atoms with van der Waals surface area (Å²) in [7, 11) is 0. The largest absolute Gasteiger partial charge is 0.374 e. The molecule has 1 heterocycles. The molecule has 1 saturated heterocycles. The Kier molecular flexibility index (Phi) is 5.58. The van der Waals surface area contributed by atoms with E-state index < -0.39 is 0 Å². The van der Waals surface area contributed by atoms with Gasteiger partial charge in [0.25, 0.3) is 0 Å². The lowest BCUT2D eigenvalue weighted by Crippen LogP contribution is -2.53. The lowest BCUT2D eigenvalue weighted by atomic mass is 10.1. The minimum absolute atomic E-state index is 0.354. The molecule has 90 valence electrons. The monoisotopic (exact) mass is 214 g/mol. The summed E-state index contributed by atoms with van der Waals surface area (Å²) >= 11 is 0. The predicted molar refractivity (Wildman–Crippen MR) is 64.2 cm³/mol. The highest BCUT2D eigenvalue weighted by Gasteiger charge is 2.27. The van der Waals surface area contributed by atoms with Crippen molar-refractivity contribution in [3.63, 3.8) is 0 Å². The van der Waals surface area contributed by atoms with Crippen molar-refractivity contribution in [3.05, 3.63) is 0 Å². The minimum atomic E-state index is 0.354. The molecule has 1 rings (SSSR count). The predicted octanol–water partition coefficient (Wildman–Crippen LogP) is 1.48.